The average Bonchev–Trinajstić information content (AvgIpc) is 0.650. The van der Waals surface area contributed by atoms with Crippen molar-refractivity contribution >= 4 is 13.9 Å². The second-order valence-corrected chi connectivity index (χ2v) is 8.59. The molecule has 0 bridgehead atoms. The average molecular weight is 162 g/mol. The first-order valence-corrected chi connectivity index (χ1v) is 7.28. The molecule has 0 atom stereocenters. The molecule has 0 aromatic heterocycles. The second-order valence-electron chi connectivity index (χ2n) is 1.65. The molecule has 0 aliphatic heterocycles. The standard InChI is InChI=1S/C2H6AsF3/c1-3(2,4,5)6/h1-2H3. The van der Waals surface area contributed by atoms with Gasteiger partial charge in [-0.15, -0.1) is 0 Å². The molecule has 0 amide bonds. The number of hydrogen-bond acceptors (Lipinski definition) is 0. The maximum absolute atomic E-state index is 11.2. The molecule has 0 saturated heterocycles. The van der Waals surface area contributed by atoms with Crippen LogP contribution in [0.2, 0.25) is 11.4 Å². The molecule has 0 unspecified atom stereocenters. The molecule has 0 N–H and O–H groups in total. The summed E-state index contributed by atoms with van der Waals surface area (Å²) in [6, 6.07) is 0. The van der Waals surface area contributed by atoms with Crippen molar-refractivity contribution in [1.29, 1.82) is 0 Å². The minimum atomic E-state index is -5.99. The Kier molecular flexibility index (Phi) is 0.999. The molecule has 4 heteroatoms. The van der Waals surface area contributed by atoms with E-state index in [4.69, 9.17) is 0 Å². The quantitative estimate of drug-likeness (QED) is 0.478. The fourth-order valence-corrected chi connectivity index (χ4v) is 0. The zero-order valence-corrected chi connectivity index (χ0v) is 5.46. The summed E-state index contributed by atoms with van der Waals surface area (Å²) in [5.74, 6) is 0. The van der Waals surface area contributed by atoms with Gasteiger partial charge in [-0.05, 0) is 0 Å². The Balaban J connectivity index is 3.73. The Morgan fingerprint density at radius 1 is 1.00 bits per heavy atom. The van der Waals surface area contributed by atoms with Crippen molar-refractivity contribution in [3.63, 3.8) is 0 Å². The molecule has 0 aliphatic rings. The molecule has 0 radical (unpaired) electrons. The summed E-state index contributed by atoms with van der Waals surface area (Å²) in [5.41, 5.74) is 0.775. The van der Waals surface area contributed by atoms with Crippen LogP contribution in [0.5, 0.6) is 0 Å². The molecule has 0 aromatic carbocycles. The topological polar surface area (TPSA) is 0 Å². The molecule has 6 heavy (non-hydrogen) atoms. The number of hydrogen-bond donors (Lipinski definition) is 0. The predicted molar refractivity (Wildman–Crippen MR) is 20.8 cm³/mol. The predicted octanol–water partition coefficient (Wildman–Crippen LogP) is 2.05. The van der Waals surface area contributed by atoms with Crippen LogP contribution in [0, 0.1) is 0 Å². The van der Waals surface area contributed by atoms with Crippen LogP contribution in [0.25, 0.3) is 0 Å². The molecule has 0 fully saturated rings. The monoisotopic (exact) mass is 162 g/mol. The van der Waals surface area contributed by atoms with E-state index in [1.165, 1.54) is 0 Å². The van der Waals surface area contributed by atoms with Gasteiger partial charge in [-0.3, -0.25) is 0 Å². The molecule has 0 aliphatic carbocycles. The van der Waals surface area contributed by atoms with E-state index in [1.54, 1.807) is 0 Å². The van der Waals surface area contributed by atoms with Gasteiger partial charge in [0.1, 0.15) is 0 Å². The van der Waals surface area contributed by atoms with Crippen molar-refractivity contribution < 1.29 is 10.4 Å². The second kappa shape index (κ2) is 0.944. The van der Waals surface area contributed by atoms with Crippen molar-refractivity contribution in [3.05, 3.63) is 0 Å². The van der Waals surface area contributed by atoms with Crippen molar-refractivity contribution in [1.82, 2.24) is 0 Å². The van der Waals surface area contributed by atoms with Crippen LogP contribution in [0.15, 0.2) is 0 Å². The molecule has 0 heterocycles. The molecule has 0 spiro atoms. The van der Waals surface area contributed by atoms with Gasteiger partial charge in [0.2, 0.25) is 0 Å². The van der Waals surface area contributed by atoms with Crippen LogP contribution in [-0.2, 0) is 0 Å². The zero-order valence-electron chi connectivity index (χ0n) is 3.58. The first kappa shape index (κ1) is 6.35. The van der Waals surface area contributed by atoms with Crippen LogP contribution in [0.4, 0.5) is 10.4 Å². The van der Waals surface area contributed by atoms with Gasteiger partial charge in [0.15, 0.2) is 0 Å². The Bertz CT molecular complexity index is 42.0. The van der Waals surface area contributed by atoms with Crippen LogP contribution >= 0.6 is 0 Å². The fourth-order valence-electron chi connectivity index (χ4n) is 0. The van der Waals surface area contributed by atoms with Crippen molar-refractivity contribution in [2.24, 2.45) is 0 Å². The first-order valence-electron chi connectivity index (χ1n) is 1.40. The van der Waals surface area contributed by atoms with E-state index in [1.807, 2.05) is 0 Å². The van der Waals surface area contributed by atoms with Gasteiger partial charge >= 0.3 is 35.7 Å². The van der Waals surface area contributed by atoms with Gasteiger partial charge in [0.25, 0.3) is 0 Å². The van der Waals surface area contributed by atoms with Gasteiger partial charge in [-0.25, -0.2) is 0 Å². The molecular formula is C2H6AsF3. The minimum absolute atomic E-state index is 0.388. The third-order valence-electron chi connectivity index (χ3n) is 0. The molecular weight excluding hydrogens is 156 g/mol. The summed E-state index contributed by atoms with van der Waals surface area (Å²) in [4.78, 5) is 0. The maximum atomic E-state index is 11.2. The zero-order chi connectivity index (χ0) is 5.45. The summed E-state index contributed by atoms with van der Waals surface area (Å²) in [6.07, 6.45) is 0. The summed E-state index contributed by atoms with van der Waals surface area (Å²) >= 11 is -5.99. The number of rotatable bonds is 0. The Labute approximate surface area is 36.5 Å². The summed E-state index contributed by atoms with van der Waals surface area (Å²) in [5, 5.41) is 0. The Morgan fingerprint density at radius 2 is 1.00 bits per heavy atom. The summed E-state index contributed by atoms with van der Waals surface area (Å²) in [7, 11) is 0. The van der Waals surface area contributed by atoms with Crippen LogP contribution in [0.3, 0.4) is 0 Å². The summed E-state index contributed by atoms with van der Waals surface area (Å²) < 4.78 is 33.7. The number of halogens is 3. The van der Waals surface area contributed by atoms with E-state index in [0.29, 0.717) is 11.4 Å². The SMILES string of the molecule is C[As](C)(F)(F)F. The third kappa shape index (κ3) is 402. The van der Waals surface area contributed by atoms with Gasteiger partial charge < -0.3 is 0 Å². The molecule has 0 rings (SSSR count). The molecule has 40 valence electrons. The Hall–Kier alpha value is 0.348. The first-order chi connectivity index (χ1) is 2.24. The summed E-state index contributed by atoms with van der Waals surface area (Å²) in [6.45, 7) is 0. The van der Waals surface area contributed by atoms with E-state index < -0.39 is 13.9 Å². The van der Waals surface area contributed by atoms with Crippen molar-refractivity contribution in [2.75, 3.05) is 0 Å². The normalized spacial score (nSPS) is 19.2. The van der Waals surface area contributed by atoms with Gasteiger partial charge in [0.05, 0.1) is 0 Å². The van der Waals surface area contributed by atoms with E-state index in [9.17, 15) is 10.4 Å². The Morgan fingerprint density at radius 3 is 1.00 bits per heavy atom. The van der Waals surface area contributed by atoms with Crippen LogP contribution in [0.1, 0.15) is 0 Å². The van der Waals surface area contributed by atoms with E-state index in [0.717, 1.165) is 0 Å². The van der Waals surface area contributed by atoms with Gasteiger partial charge in [0, 0.05) is 0 Å². The van der Waals surface area contributed by atoms with Gasteiger partial charge in [-0.1, -0.05) is 0 Å². The van der Waals surface area contributed by atoms with E-state index >= 15 is 0 Å². The van der Waals surface area contributed by atoms with Crippen LogP contribution in [-0.4, -0.2) is 13.9 Å². The van der Waals surface area contributed by atoms with Gasteiger partial charge in [-0.2, -0.15) is 0 Å². The third-order valence-corrected chi connectivity index (χ3v) is 0. The van der Waals surface area contributed by atoms with E-state index in [2.05, 4.69) is 0 Å². The van der Waals surface area contributed by atoms with E-state index in [-0.39, 0.29) is 0 Å². The fraction of sp³-hybridized carbons (Fsp3) is 1.00. The molecule has 0 nitrogen and oxygen atoms in total. The van der Waals surface area contributed by atoms with Crippen molar-refractivity contribution in [3.8, 4) is 0 Å². The molecule has 0 saturated carbocycles. The van der Waals surface area contributed by atoms with Crippen molar-refractivity contribution in [2.45, 2.75) is 11.4 Å². The van der Waals surface area contributed by atoms with Crippen LogP contribution < -0.4 is 0 Å². The molecule has 0 aromatic rings.